The van der Waals surface area contributed by atoms with E-state index in [0.717, 1.165) is 64.2 Å². The number of carboxylic acid groups (broad SMARTS) is 2. The molecule has 5 unspecified atom stereocenters. The summed E-state index contributed by atoms with van der Waals surface area (Å²) in [4.78, 5) is 51.3. The van der Waals surface area contributed by atoms with Crippen LogP contribution in [0.25, 0.3) is 0 Å². The molecule has 0 aromatic heterocycles. The largest absolute Gasteiger partial charge is 0.481 e. The van der Waals surface area contributed by atoms with Gasteiger partial charge in [-0.25, -0.2) is 4.79 Å². The van der Waals surface area contributed by atoms with Crippen LogP contribution < -0.4 is 5.32 Å². The summed E-state index contributed by atoms with van der Waals surface area (Å²) >= 11 is 0. The van der Waals surface area contributed by atoms with Gasteiger partial charge in [-0.05, 0) is 141 Å². The molecule has 3 N–H and O–H groups in total. The number of nitrogens with one attached hydrogen (secondary N) is 1. The summed E-state index contributed by atoms with van der Waals surface area (Å²) in [5.74, 6) is 0.341. The number of amides is 1. The fourth-order valence-electron chi connectivity index (χ4n) is 13.8. The van der Waals surface area contributed by atoms with Crippen molar-refractivity contribution in [2.24, 2.45) is 68.0 Å². The Morgan fingerprint density at radius 2 is 1.54 bits per heavy atom. The van der Waals surface area contributed by atoms with Crippen molar-refractivity contribution in [3.8, 4) is 0 Å². The summed E-state index contributed by atoms with van der Waals surface area (Å²) < 4.78 is 6.17. The molecule has 288 valence electrons. The van der Waals surface area contributed by atoms with Crippen molar-refractivity contribution in [2.75, 3.05) is 0 Å². The molecule has 0 heterocycles. The lowest BCUT2D eigenvalue weighted by atomic mass is 9.32. The van der Waals surface area contributed by atoms with Gasteiger partial charge in [0.1, 0.15) is 6.10 Å². The van der Waals surface area contributed by atoms with Gasteiger partial charge in [0.2, 0.25) is 5.91 Å². The van der Waals surface area contributed by atoms with E-state index in [0.29, 0.717) is 41.1 Å². The van der Waals surface area contributed by atoms with Crippen molar-refractivity contribution in [2.45, 2.75) is 146 Å². The lowest BCUT2D eigenvalue weighted by molar-refractivity contribution is -0.250. The Bertz CT molecular complexity index is 1600. The van der Waals surface area contributed by atoms with E-state index in [4.69, 9.17) is 4.74 Å². The van der Waals surface area contributed by atoms with Crippen molar-refractivity contribution >= 4 is 23.8 Å². The number of hydrogen-bond acceptors (Lipinski definition) is 5. The molecule has 8 heteroatoms. The van der Waals surface area contributed by atoms with Gasteiger partial charge in [-0.1, -0.05) is 66.7 Å². The molecule has 5 aliphatic carbocycles. The van der Waals surface area contributed by atoms with Crippen LogP contribution in [-0.4, -0.2) is 40.1 Å². The molecule has 5 saturated carbocycles. The molecule has 0 saturated heterocycles. The number of carboxylic acids is 2. The van der Waals surface area contributed by atoms with Crippen molar-refractivity contribution in [1.29, 1.82) is 0 Å². The highest BCUT2D eigenvalue weighted by molar-refractivity contribution is 5.90. The number of esters is 1. The van der Waals surface area contributed by atoms with Gasteiger partial charge in [0.15, 0.2) is 0 Å². The number of aromatic carboxylic acids is 1. The van der Waals surface area contributed by atoms with Crippen molar-refractivity contribution in [3.63, 3.8) is 0 Å². The molecule has 52 heavy (non-hydrogen) atoms. The van der Waals surface area contributed by atoms with Gasteiger partial charge in [0, 0.05) is 12.0 Å². The average Bonchev–Trinajstić information content (AvgIpc) is 3.46. The minimum atomic E-state index is -1.16. The second kappa shape index (κ2) is 13.1. The van der Waals surface area contributed by atoms with Gasteiger partial charge in [-0.15, -0.1) is 0 Å². The average molecular weight is 720 g/mol. The van der Waals surface area contributed by atoms with E-state index < -0.39 is 28.7 Å². The van der Waals surface area contributed by atoms with E-state index >= 15 is 0 Å². The number of carbonyl (C=O) groups is 4. The zero-order chi connectivity index (χ0) is 38.2. The predicted molar refractivity (Wildman–Crippen MR) is 200 cm³/mol. The lowest BCUT2D eigenvalue weighted by Gasteiger charge is -2.73. The number of hydrogen-bond donors (Lipinski definition) is 3. The Kier molecular flexibility index (Phi) is 9.81. The molecule has 5 aliphatic rings. The molecule has 1 amide bonds. The molecule has 0 bridgehead atoms. The third kappa shape index (κ3) is 5.82. The fourth-order valence-corrected chi connectivity index (χ4v) is 13.8. The normalized spacial score (nSPS) is 39.3. The number of aliphatic carboxylic acids is 1. The van der Waals surface area contributed by atoms with Gasteiger partial charge in [-0.3, -0.25) is 14.4 Å². The number of carbonyl (C=O) groups excluding carboxylic acids is 2. The first-order valence-electron chi connectivity index (χ1n) is 20.2. The van der Waals surface area contributed by atoms with E-state index in [-0.39, 0.29) is 52.2 Å². The zero-order valence-electron chi connectivity index (χ0n) is 33.3. The molecule has 5 fully saturated rings. The van der Waals surface area contributed by atoms with Gasteiger partial charge >= 0.3 is 17.9 Å². The van der Waals surface area contributed by atoms with Crippen LogP contribution in [0, 0.1) is 68.0 Å². The van der Waals surface area contributed by atoms with Crippen molar-refractivity contribution < 1.29 is 34.1 Å². The zero-order valence-corrected chi connectivity index (χ0v) is 33.3. The molecular formula is C44H65NO7. The van der Waals surface area contributed by atoms with Crippen LogP contribution in [0.2, 0.25) is 0 Å². The Morgan fingerprint density at radius 1 is 0.846 bits per heavy atom. The molecule has 1 aromatic carbocycles. The SMILES string of the molecule is CC(C)[C@@H]1CC[C@]2(C(=O)NCc3ccccc3C(=O)O)CC[C@]3(C)C(CCC4[C@@]5(C)CCC(OC(=O)CC(C)(C)C(=O)O)C(C)(C)C5CC[C@]43C)C12. The fraction of sp³-hybridized carbons (Fsp3) is 0.773. The third-order valence-corrected chi connectivity index (χ3v) is 16.9. The van der Waals surface area contributed by atoms with Gasteiger partial charge in [0.25, 0.3) is 0 Å². The van der Waals surface area contributed by atoms with Gasteiger partial charge in [-0.2, -0.15) is 0 Å². The maximum atomic E-state index is 14.6. The van der Waals surface area contributed by atoms with Crippen LogP contribution >= 0.6 is 0 Å². The van der Waals surface area contributed by atoms with Gasteiger partial charge in [0.05, 0.1) is 22.8 Å². The second-order valence-corrected chi connectivity index (χ2v) is 20.1. The standard InChI is InChI=1S/C44H65NO7/c1-26(2)28-16-21-44(37(49)45-25-27-12-10-11-13-29(27)36(47)48)23-22-42(8)30(35(28)44)14-15-32-41(7)19-18-33(52-34(46)24-39(3,4)38(50)51)40(5,6)31(41)17-20-43(32,42)9/h10-13,26,28,30-33,35H,14-25H2,1-9H3,(H,45,49)(H,47,48)(H,50,51)/t28-,30?,31?,32?,33?,35?,41-,42+,43+,44-/m0/s1. The lowest BCUT2D eigenvalue weighted by Crippen LogP contribution is -2.67. The summed E-state index contributed by atoms with van der Waals surface area (Å²) in [6.45, 7) is 20.3. The number of fused-ring (bicyclic) bond motifs is 7. The molecular weight excluding hydrogens is 654 g/mol. The first kappa shape index (κ1) is 38.8. The molecule has 10 atom stereocenters. The van der Waals surface area contributed by atoms with Crippen LogP contribution in [0.5, 0.6) is 0 Å². The highest BCUT2D eigenvalue weighted by atomic mass is 16.5. The second-order valence-electron chi connectivity index (χ2n) is 20.1. The topological polar surface area (TPSA) is 130 Å². The third-order valence-electron chi connectivity index (χ3n) is 16.9. The highest BCUT2D eigenvalue weighted by Crippen LogP contribution is 2.77. The Balaban J connectivity index is 1.25. The van der Waals surface area contributed by atoms with Crippen LogP contribution in [0.15, 0.2) is 24.3 Å². The number of ether oxygens (including phenoxy) is 1. The van der Waals surface area contributed by atoms with Crippen LogP contribution in [0.4, 0.5) is 0 Å². The minimum Gasteiger partial charge on any atom is -0.481 e. The van der Waals surface area contributed by atoms with E-state index in [2.05, 4.69) is 53.8 Å². The maximum absolute atomic E-state index is 14.6. The summed E-state index contributed by atoms with van der Waals surface area (Å²) in [6, 6.07) is 6.98. The van der Waals surface area contributed by atoms with E-state index in [9.17, 15) is 29.4 Å². The number of rotatable bonds is 9. The predicted octanol–water partition coefficient (Wildman–Crippen LogP) is 9.15. The first-order chi connectivity index (χ1) is 24.2. The summed E-state index contributed by atoms with van der Waals surface area (Å²) in [5, 5.41) is 22.7. The van der Waals surface area contributed by atoms with E-state index in [1.54, 1.807) is 32.0 Å². The van der Waals surface area contributed by atoms with Crippen LogP contribution in [-0.2, 0) is 25.7 Å². The Hall–Kier alpha value is -2.90. The highest BCUT2D eigenvalue weighted by Gasteiger charge is 2.72. The molecule has 0 spiro atoms. The van der Waals surface area contributed by atoms with E-state index in [1.165, 1.54) is 0 Å². The van der Waals surface area contributed by atoms with Gasteiger partial charge < -0.3 is 20.3 Å². The summed E-state index contributed by atoms with van der Waals surface area (Å²) in [6.07, 6.45) is 9.71. The molecule has 1 aromatic rings. The maximum Gasteiger partial charge on any atom is 0.336 e. The smallest absolute Gasteiger partial charge is 0.336 e. The van der Waals surface area contributed by atoms with Crippen LogP contribution in [0.1, 0.15) is 149 Å². The molecule has 6 rings (SSSR count). The Morgan fingerprint density at radius 3 is 2.19 bits per heavy atom. The Labute approximate surface area is 311 Å². The van der Waals surface area contributed by atoms with Crippen molar-refractivity contribution in [1.82, 2.24) is 5.32 Å². The van der Waals surface area contributed by atoms with Crippen LogP contribution in [0.3, 0.4) is 0 Å². The quantitative estimate of drug-likeness (QED) is 0.217. The molecule has 8 nitrogen and oxygen atoms in total. The monoisotopic (exact) mass is 719 g/mol. The first-order valence-corrected chi connectivity index (χ1v) is 20.2. The van der Waals surface area contributed by atoms with Crippen molar-refractivity contribution in [3.05, 3.63) is 35.4 Å². The molecule has 0 radical (unpaired) electrons. The minimum absolute atomic E-state index is 0.0849. The van der Waals surface area contributed by atoms with E-state index in [1.807, 2.05) is 6.07 Å². The number of benzene rings is 1. The summed E-state index contributed by atoms with van der Waals surface area (Å²) in [5.41, 5.74) is -0.658. The molecule has 0 aliphatic heterocycles. The summed E-state index contributed by atoms with van der Waals surface area (Å²) in [7, 11) is 0.